The van der Waals surface area contributed by atoms with Gasteiger partial charge in [-0.15, -0.1) is 0 Å². The van der Waals surface area contributed by atoms with Crippen LogP contribution in [0.25, 0.3) is 0 Å². The summed E-state index contributed by atoms with van der Waals surface area (Å²) in [7, 11) is 1.85. The highest BCUT2D eigenvalue weighted by Gasteiger charge is 2.50. The summed E-state index contributed by atoms with van der Waals surface area (Å²) in [5.74, 6) is 0.902. The molecule has 2 atom stereocenters. The molecule has 2 saturated carbocycles. The highest BCUT2D eigenvalue weighted by Crippen LogP contribution is 2.48. The van der Waals surface area contributed by atoms with Crippen LogP contribution in [0.4, 0.5) is 0 Å². The number of carbonyl (C=O) groups excluding carboxylic acids is 2. The Balaban J connectivity index is 1.44. The van der Waals surface area contributed by atoms with E-state index in [0.717, 1.165) is 37.9 Å². The monoisotopic (exact) mass is 386 g/mol. The van der Waals surface area contributed by atoms with Gasteiger partial charge in [-0.2, -0.15) is 5.10 Å². The van der Waals surface area contributed by atoms with Crippen LogP contribution in [-0.2, 0) is 11.8 Å². The van der Waals surface area contributed by atoms with Crippen LogP contribution in [0.3, 0.4) is 0 Å². The van der Waals surface area contributed by atoms with E-state index in [2.05, 4.69) is 15.3 Å². The molecule has 0 unspecified atom stereocenters. The van der Waals surface area contributed by atoms with Gasteiger partial charge in [0.15, 0.2) is 0 Å². The number of aromatic nitrogens is 2. The number of nitrogens with zero attached hydrogens (tertiary/aromatic N) is 3. The molecule has 1 aliphatic heterocycles. The molecule has 3 fully saturated rings. The van der Waals surface area contributed by atoms with Gasteiger partial charge < -0.3 is 10.2 Å². The molecule has 1 saturated heterocycles. The molecule has 3 aliphatic rings. The fourth-order valence-electron chi connectivity index (χ4n) is 5.76. The van der Waals surface area contributed by atoms with Gasteiger partial charge in [-0.1, -0.05) is 25.7 Å². The number of carbonyl (C=O) groups is 2. The van der Waals surface area contributed by atoms with Crippen molar-refractivity contribution in [3.8, 4) is 0 Å². The molecule has 2 amide bonds. The lowest BCUT2D eigenvalue weighted by atomic mass is 9.74. The largest absolute Gasteiger partial charge is 0.350 e. The van der Waals surface area contributed by atoms with Crippen molar-refractivity contribution in [2.45, 2.75) is 77.2 Å². The van der Waals surface area contributed by atoms with E-state index in [9.17, 15) is 9.59 Å². The minimum absolute atomic E-state index is 0.0437. The average Bonchev–Trinajstić information content (AvgIpc) is 3.27. The van der Waals surface area contributed by atoms with Gasteiger partial charge in [0.05, 0.1) is 0 Å². The van der Waals surface area contributed by atoms with Crippen LogP contribution in [0.2, 0.25) is 0 Å². The van der Waals surface area contributed by atoms with Gasteiger partial charge in [-0.25, -0.2) is 0 Å². The molecule has 0 bridgehead atoms. The SMILES string of the molecule is Cc1cc(C(=O)NC[C@@]23CCC[C@H]2N(CC2CCCCC2)C(=O)CC3)nn1C. The first kappa shape index (κ1) is 19.5. The Morgan fingerprint density at radius 1 is 1.21 bits per heavy atom. The number of nitrogens with one attached hydrogen (secondary N) is 1. The number of likely N-dealkylation sites (tertiary alicyclic amines) is 1. The molecule has 0 aromatic carbocycles. The van der Waals surface area contributed by atoms with Gasteiger partial charge in [-0.05, 0) is 51.0 Å². The number of amides is 2. The Hall–Kier alpha value is -1.85. The normalized spacial score (nSPS) is 28.4. The van der Waals surface area contributed by atoms with Crippen molar-refractivity contribution in [3.63, 3.8) is 0 Å². The van der Waals surface area contributed by atoms with Crippen molar-refractivity contribution >= 4 is 11.8 Å². The van der Waals surface area contributed by atoms with Gasteiger partial charge in [0.25, 0.3) is 5.91 Å². The minimum Gasteiger partial charge on any atom is -0.350 e. The second-order valence-corrected chi connectivity index (χ2v) is 9.30. The van der Waals surface area contributed by atoms with Crippen LogP contribution in [0, 0.1) is 18.3 Å². The van der Waals surface area contributed by atoms with Gasteiger partial charge in [0, 0.05) is 43.7 Å². The zero-order valence-electron chi connectivity index (χ0n) is 17.4. The van der Waals surface area contributed by atoms with Crippen molar-refractivity contribution in [1.29, 1.82) is 0 Å². The van der Waals surface area contributed by atoms with Gasteiger partial charge >= 0.3 is 0 Å². The van der Waals surface area contributed by atoms with E-state index in [1.165, 1.54) is 32.1 Å². The molecule has 6 nitrogen and oxygen atoms in total. The maximum Gasteiger partial charge on any atom is 0.271 e. The van der Waals surface area contributed by atoms with Crippen molar-refractivity contribution in [1.82, 2.24) is 20.0 Å². The third-order valence-corrected chi connectivity index (χ3v) is 7.52. The maximum atomic E-state index is 12.8. The predicted molar refractivity (Wildman–Crippen MR) is 108 cm³/mol. The smallest absolute Gasteiger partial charge is 0.271 e. The van der Waals surface area contributed by atoms with Crippen LogP contribution in [0.5, 0.6) is 0 Å². The zero-order valence-corrected chi connectivity index (χ0v) is 17.4. The highest BCUT2D eigenvalue weighted by molar-refractivity contribution is 5.92. The molecule has 2 aliphatic carbocycles. The zero-order chi connectivity index (χ0) is 19.7. The molecule has 154 valence electrons. The van der Waals surface area contributed by atoms with E-state index in [1.54, 1.807) is 4.68 Å². The summed E-state index contributed by atoms with van der Waals surface area (Å²) in [4.78, 5) is 27.6. The van der Waals surface area contributed by atoms with E-state index in [4.69, 9.17) is 0 Å². The number of aryl methyl sites for hydroxylation is 2. The Morgan fingerprint density at radius 3 is 2.71 bits per heavy atom. The van der Waals surface area contributed by atoms with Crippen LogP contribution >= 0.6 is 0 Å². The van der Waals surface area contributed by atoms with Crippen molar-refractivity contribution in [3.05, 3.63) is 17.5 Å². The molecule has 0 spiro atoms. The standard InChI is InChI=1S/C22H34N4O2/c1-16-13-18(24-25(16)2)21(28)23-15-22-11-6-9-19(22)26(20(27)10-12-22)14-17-7-4-3-5-8-17/h13,17,19H,3-12,14-15H2,1-2H3,(H,23,28)/t19-,22+/m1/s1. The molecule has 4 rings (SSSR count). The highest BCUT2D eigenvalue weighted by atomic mass is 16.2. The quantitative estimate of drug-likeness (QED) is 0.845. The molecule has 28 heavy (non-hydrogen) atoms. The van der Waals surface area contributed by atoms with Crippen LogP contribution in [0.15, 0.2) is 6.07 Å². The third-order valence-electron chi connectivity index (χ3n) is 7.52. The number of piperidine rings is 1. The van der Waals surface area contributed by atoms with Gasteiger partial charge in [-0.3, -0.25) is 14.3 Å². The average molecular weight is 387 g/mol. The van der Waals surface area contributed by atoms with E-state index in [0.29, 0.717) is 36.5 Å². The molecular formula is C22H34N4O2. The molecule has 6 heteroatoms. The second-order valence-electron chi connectivity index (χ2n) is 9.30. The summed E-state index contributed by atoms with van der Waals surface area (Å²) in [5.41, 5.74) is 1.50. The van der Waals surface area contributed by atoms with Crippen LogP contribution < -0.4 is 5.32 Å². The first-order chi connectivity index (χ1) is 13.5. The summed E-state index contributed by atoms with van der Waals surface area (Å²) < 4.78 is 1.73. The Morgan fingerprint density at radius 2 is 2.00 bits per heavy atom. The lowest BCUT2D eigenvalue weighted by molar-refractivity contribution is -0.142. The van der Waals surface area contributed by atoms with Crippen LogP contribution in [0.1, 0.15) is 80.4 Å². The number of rotatable bonds is 5. The Labute approximate surface area is 168 Å². The fraction of sp³-hybridized carbons (Fsp3) is 0.773. The number of fused-ring (bicyclic) bond motifs is 1. The van der Waals surface area contributed by atoms with E-state index in [-0.39, 0.29) is 11.3 Å². The Kier molecular flexibility index (Phi) is 5.48. The minimum atomic E-state index is -0.0977. The predicted octanol–water partition coefficient (Wildman–Crippen LogP) is 3.20. The van der Waals surface area contributed by atoms with Gasteiger partial charge in [0.1, 0.15) is 5.69 Å². The molecular weight excluding hydrogens is 352 g/mol. The molecule has 1 aromatic rings. The van der Waals surface area contributed by atoms with Crippen molar-refractivity contribution in [2.75, 3.05) is 13.1 Å². The lowest BCUT2D eigenvalue weighted by Crippen LogP contribution is -2.57. The van der Waals surface area contributed by atoms with Crippen molar-refractivity contribution < 1.29 is 9.59 Å². The second kappa shape index (κ2) is 7.88. The van der Waals surface area contributed by atoms with E-state index >= 15 is 0 Å². The third kappa shape index (κ3) is 3.70. The number of hydrogen-bond donors (Lipinski definition) is 1. The first-order valence-electron chi connectivity index (χ1n) is 11.1. The van der Waals surface area contributed by atoms with E-state index in [1.807, 2.05) is 20.0 Å². The molecule has 1 N–H and O–H groups in total. The van der Waals surface area contributed by atoms with Gasteiger partial charge in [0.2, 0.25) is 5.91 Å². The summed E-state index contributed by atoms with van der Waals surface area (Å²) in [6.45, 7) is 3.53. The summed E-state index contributed by atoms with van der Waals surface area (Å²) >= 11 is 0. The topological polar surface area (TPSA) is 67.2 Å². The molecule has 2 heterocycles. The summed E-state index contributed by atoms with van der Waals surface area (Å²) in [6.07, 6.45) is 11.4. The fourth-order valence-corrected chi connectivity index (χ4v) is 5.76. The number of hydrogen-bond acceptors (Lipinski definition) is 3. The summed E-state index contributed by atoms with van der Waals surface area (Å²) in [6, 6.07) is 2.13. The van der Waals surface area contributed by atoms with E-state index < -0.39 is 0 Å². The first-order valence-corrected chi connectivity index (χ1v) is 11.1. The lowest BCUT2D eigenvalue weighted by Gasteiger charge is -2.47. The van der Waals surface area contributed by atoms with Crippen LogP contribution in [-0.4, -0.2) is 45.6 Å². The molecule has 1 aromatic heterocycles. The van der Waals surface area contributed by atoms with Crippen molar-refractivity contribution in [2.24, 2.45) is 18.4 Å². The summed E-state index contributed by atoms with van der Waals surface area (Å²) in [5, 5.41) is 7.46. The maximum absolute atomic E-state index is 12.8. The molecule has 0 radical (unpaired) electrons. The Bertz CT molecular complexity index is 717.